The number of fused-ring (bicyclic) bond motifs is 9. The quantitative estimate of drug-likeness (QED) is 0.160. The Kier molecular flexibility index (Phi) is 8.13. The summed E-state index contributed by atoms with van der Waals surface area (Å²) in [5.41, 5.74) is 18.0. The molecule has 0 spiro atoms. The topological polar surface area (TPSA) is 29.5 Å². The highest BCUT2D eigenvalue weighted by atomic mass is 16.3. The average molecular weight is 818 g/mol. The standard InChI is InChI=1S/C61H39NO2/c1-4-16-40(17-5-1)42-31-34-58-52(36-42)60-55(27-15-29-59(60)64-58)62(47-32-35-57-51(39-47)50-25-11-13-28-56(50)63-57)46-23-14-22-45(38-46)61(44-20-8-3-9-21-44)53-26-12-10-24-48(53)49-33-30-43(37-54(49)61)41-18-6-2-7-19-41/h1-39H. The van der Waals surface area contributed by atoms with Crippen molar-refractivity contribution in [2.24, 2.45) is 0 Å². The van der Waals surface area contributed by atoms with Crippen molar-refractivity contribution in [1.29, 1.82) is 0 Å². The van der Waals surface area contributed by atoms with E-state index in [1.54, 1.807) is 0 Å². The minimum Gasteiger partial charge on any atom is -0.456 e. The summed E-state index contributed by atoms with van der Waals surface area (Å²) in [7, 11) is 0. The van der Waals surface area contributed by atoms with Crippen LogP contribution in [-0.4, -0.2) is 0 Å². The van der Waals surface area contributed by atoms with Gasteiger partial charge in [-0.05, 0) is 122 Å². The van der Waals surface area contributed by atoms with Gasteiger partial charge in [0.25, 0.3) is 0 Å². The van der Waals surface area contributed by atoms with E-state index < -0.39 is 5.41 Å². The van der Waals surface area contributed by atoms with E-state index in [1.807, 2.05) is 12.1 Å². The molecule has 64 heavy (non-hydrogen) atoms. The molecule has 0 radical (unpaired) electrons. The number of hydrogen-bond donors (Lipinski definition) is 0. The highest BCUT2D eigenvalue weighted by molar-refractivity contribution is 6.15. The molecule has 0 amide bonds. The van der Waals surface area contributed by atoms with Crippen molar-refractivity contribution >= 4 is 60.9 Å². The molecule has 0 saturated heterocycles. The van der Waals surface area contributed by atoms with Crippen molar-refractivity contribution in [2.45, 2.75) is 5.41 Å². The summed E-state index contributed by atoms with van der Waals surface area (Å²) in [4.78, 5) is 2.41. The lowest BCUT2D eigenvalue weighted by Crippen LogP contribution is -2.29. The van der Waals surface area contributed by atoms with Crippen molar-refractivity contribution in [1.82, 2.24) is 0 Å². The Morgan fingerprint density at radius 1 is 0.312 bits per heavy atom. The van der Waals surface area contributed by atoms with E-state index in [2.05, 4.69) is 229 Å². The zero-order valence-electron chi connectivity index (χ0n) is 34.8. The molecule has 12 aromatic rings. The van der Waals surface area contributed by atoms with Gasteiger partial charge in [0.1, 0.15) is 22.3 Å². The molecule has 1 atom stereocenters. The molecule has 2 aromatic heterocycles. The van der Waals surface area contributed by atoms with Crippen LogP contribution in [0.4, 0.5) is 17.1 Å². The Morgan fingerprint density at radius 3 is 1.72 bits per heavy atom. The average Bonchev–Trinajstić information content (AvgIpc) is 4.03. The van der Waals surface area contributed by atoms with Gasteiger partial charge in [-0.15, -0.1) is 0 Å². The zero-order valence-corrected chi connectivity index (χ0v) is 34.8. The third-order valence-electron chi connectivity index (χ3n) is 13.3. The molecule has 1 unspecified atom stereocenters. The summed E-state index contributed by atoms with van der Waals surface area (Å²) in [6, 6.07) is 85.5. The second-order valence-electron chi connectivity index (χ2n) is 16.8. The molecular formula is C61H39NO2. The lowest BCUT2D eigenvalue weighted by Gasteiger charge is -2.35. The molecule has 0 fully saturated rings. The summed E-state index contributed by atoms with van der Waals surface area (Å²) in [6.45, 7) is 0. The van der Waals surface area contributed by atoms with Crippen LogP contribution in [-0.2, 0) is 5.41 Å². The van der Waals surface area contributed by atoms with Crippen molar-refractivity contribution in [3.05, 3.63) is 259 Å². The molecule has 3 nitrogen and oxygen atoms in total. The maximum Gasteiger partial charge on any atom is 0.137 e. The van der Waals surface area contributed by atoms with Crippen molar-refractivity contribution < 1.29 is 8.83 Å². The Balaban J connectivity index is 1.10. The molecule has 10 aromatic carbocycles. The third-order valence-corrected chi connectivity index (χ3v) is 13.3. The minimum absolute atomic E-state index is 0.622. The predicted molar refractivity (Wildman–Crippen MR) is 264 cm³/mol. The second kappa shape index (κ2) is 14.3. The van der Waals surface area contributed by atoms with Crippen LogP contribution < -0.4 is 4.90 Å². The van der Waals surface area contributed by atoms with Crippen LogP contribution in [0.1, 0.15) is 22.3 Å². The van der Waals surface area contributed by atoms with E-state index in [0.29, 0.717) is 0 Å². The van der Waals surface area contributed by atoms with Gasteiger partial charge in [0.2, 0.25) is 0 Å². The fraction of sp³-hybridized carbons (Fsp3) is 0.0164. The van der Waals surface area contributed by atoms with E-state index in [1.165, 1.54) is 44.5 Å². The number of hydrogen-bond acceptors (Lipinski definition) is 3. The summed E-state index contributed by atoms with van der Waals surface area (Å²) in [5, 5.41) is 4.28. The van der Waals surface area contributed by atoms with E-state index in [-0.39, 0.29) is 0 Å². The Bertz CT molecular complexity index is 3730. The van der Waals surface area contributed by atoms with Gasteiger partial charge in [-0.3, -0.25) is 0 Å². The minimum atomic E-state index is -0.622. The van der Waals surface area contributed by atoms with Crippen LogP contribution in [0.5, 0.6) is 0 Å². The maximum absolute atomic E-state index is 6.68. The molecule has 1 aliphatic carbocycles. The molecule has 0 N–H and O–H groups in total. The van der Waals surface area contributed by atoms with E-state index >= 15 is 0 Å². The normalized spacial score (nSPS) is 14.3. The predicted octanol–water partition coefficient (Wildman–Crippen LogP) is 16.7. The Labute approximate surface area is 370 Å². The fourth-order valence-corrected chi connectivity index (χ4v) is 10.5. The molecule has 0 bridgehead atoms. The van der Waals surface area contributed by atoms with Crippen molar-refractivity contribution in [3.63, 3.8) is 0 Å². The smallest absolute Gasteiger partial charge is 0.137 e. The lowest BCUT2D eigenvalue weighted by atomic mass is 9.67. The van der Waals surface area contributed by atoms with Crippen molar-refractivity contribution in [3.8, 4) is 33.4 Å². The van der Waals surface area contributed by atoms with Crippen LogP contribution >= 0.6 is 0 Å². The second-order valence-corrected chi connectivity index (χ2v) is 16.8. The van der Waals surface area contributed by atoms with Gasteiger partial charge in [0.15, 0.2) is 0 Å². The summed E-state index contributed by atoms with van der Waals surface area (Å²) in [5.74, 6) is 0. The van der Waals surface area contributed by atoms with Crippen LogP contribution in [0.25, 0.3) is 77.3 Å². The number of anilines is 3. The SMILES string of the molecule is c1ccc(-c2ccc3c(c2)C(c2ccccc2)(c2cccc(N(c4ccc5oc6ccccc6c5c4)c4cccc5oc6ccc(-c7ccccc7)cc6c45)c2)c2ccccc2-3)cc1. The summed E-state index contributed by atoms with van der Waals surface area (Å²) in [6.07, 6.45) is 0. The first-order valence-electron chi connectivity index (χ1n) is 21.9. The van der Waals surface area contributed by atoms with Crippen LogP contribution in [0, 0.1) is 0 Å². The molecule has 0 saturated carbocycles. The molecule has 0 aliphatic heterocycles. The number of para-hydroxylation sites is 1. The highest BCUT2D eigenvalue weighted by Gasteiger charge is 2.46. The molecule has 2 heterocycles. The molecule has 300 valence electrons. The number of benzene rings is 10. The Hall–Kier alpha value is -8.40. The zero-order chi connectivity index (χ0) is 42.2. The van der Waals surface area contributed by atoms with E-state index in [4.69, 9.17) is 8.83 Å². The van der Waals surface area contributed by atoms with Crippen LogP contribution in [0.2, 0.25) is 0 Å². The van der Waals surface area contributed by atoms with E-state index in [0.717, 1.165) is 72.1 Å². The molecule has 3 heteroatoms. The van der Waals surface area contributed by atoms with Crippen LogP contribution in [0.3, 0.4) is 0 Å². The van der Waals surface area contributed by atoms with E-state index in [9.17, 15) is 0 Å². The lowest BCUT2D eigenvalue weighted by molar-refractivity contribution is 0.668. The monoisotopic (exact) mass is 817 g/mol. The van der Waals surface area contributed by atoms with Gasteiger partial charge in [-0.2, -0.15) is 0 Å². The van der Waals surface area contributed by atoms with Gasteiger partial charge in [0.05, 0.1) is 16.5 Å². The first-order chi connectivity index (χ1) is 31.7. The largest absolute Gasteiger partial charge is 0.456 e. The van der Waals surface area contributed by atoms with Gasteiger partial charge >= 0.3 is 0 Å². The fourth-order valence-electron chi connectivity index (χ4n) is 10.5. The van der Waals surface area contributed by atoms with Crippen LogP contribution in [0.15, 0.2) is 245 Å². The Morgan fingerprint density at radius 2 is 0.891 bits per heavy atom. The molecule has 1 aliphatic rings. The number of nitrogens with zero attached hydrogens (tertiary/aromatic N) is 1. The van der Waals surface area contributed by atoms with Gasteiger partial charge in [0, 0.05) is 27.5 Å². The summed E-state index contributed by atoms with van der Waals surface area (Å²) >= 11 is 0. The van der Waals surface area contributed by atoms with Gasteiger partial charge < -0.3 is 13.7 Å². The maximum atomic E-state index is 6.68. The number of rotatable bonds is 7. The van der Waals surface area contributed by atoms with Gasteiger partial charge in [-0.1, -0.05) is 170 Å². The molecule has 13 rings (SSSR count). The highest BCUT2D eigenvalue weighted by Crippen LogP contribution is 2.57. The van der Waals surface area contributed by atoms with Crippen molar-refractivity contribution in [2.75, 3.05) is 4.90 Å². The summed E-state index contributed by atoms with van der Waals surface area (Å²) < 4.78 is 13.1. The van der Waals surface area contributed by atoms with Gasteiger partial charge in [-0.25, -0.2) is 0 Å². The first-order valence-corrected chi connectivity index (χ1v) is 21.9. The third kappa shape index (κ3) is 5.47. The molecular weight excluding hydrogens is 779 g/mol. The first kappa shape index (κ1) is 36.3. The number of furan rings is 2.